The van der Waals surface area contributed by atoms with Gasteiger partial charge in [0.2, 0.25) is 0 Å². The predicted octanol–water partition coefficient (Wildman–Crippen LogP) is 2.44. The fourth-order valence-corrected chi connectivity index (χ4v) is 4.18. The highest BCUT2D eigenvalue weighted by molar-refractivity contribution is 7.83. The minimum atomic E-state index is -1.14. The van der Waals surface area contributed by atoms with Gasteiger partial charge in [-0.05, 0) is 29.8 Å². The molecule has 1 atom stereocenters. The number of ether oxygens (including phenoxy) is 1. The summed E-state index contributed by atoms with van der Waals surface area (Å²) in [6.07, 6.45) is 0. The number of hydrogen-bond acceptors (Lipinski definition) is 5. The van der Waals surface area contributed by atoms with E-state index in [0.717, 1.165) is 38.4 Å². The number of rotatable bonds is 8. The summed E-state index contributed by atoms with van der Waals surface area (Å²) in [5.74, 6) is 1.17. The van der Waals surface area contributed by atoms with Gasteiger partial charge in [0.1, 0.15) is 5.76 Å². The molecule has 1 aliphatic rings. The number of nitrogens with one attached hydrogen (secondary N) is 1. The average molecular weight is 411 g/mol. The fraction of sp³-hybridized carbons (Fsp3) is 0.421. The Labute approximate surface area is 166 Å². The first kappa shape index (κ1) is 20.1. The molecule has 0 saturated carbocycles. The third-order valence-electron chi connectivity index (χ3n) is 4.22. The van der Waals surface area contributed by atoms with Crippen molar-refractivity contribution in [3.05, 3.63) is 58.5 Å². The number of furan rings is 1. The first-order valence-corrected chi connectivity index (χ1v) is 10.7. The molecule has 1 aromatic heterocycles. The Hall–Kier alpha value is -1.67. The maximum atomic E-state index is 12.3. The van der Waals surface area contributed by atoms with E-state index in [0.29, 0.717) is 23.1 Å². The van der Waals surface area contributed by atoms with E-state index in [4.69, 9.17) is 20.8 Å². The number of hydrogen-bond donors (Lipinski definition) is 1. The van der Waals surface area contributed by atoms with Gasteiger partial charge in [-0.3, -0.25) is 13.9 Å². The summed E-state index contributed by atoms with van der Waals surface area (Å²) in [5.41, 5.74) is 0.911. The number of amides is 1. The number of carbonyl (C=O) groups excluding carboxylic acids is 1. The summed E-state index contributed by atoms with van der Waals surface area (Å²) in [7, 11) is -1.14. The molecule has 0 radical (unpaired) electrons. The van der Waals surface area contributed by atoms with Gasteiger partial charge >= 0.3 is 0 Å². The van der Waals surface area contributed by atoms with E-state index < -0.39 is 10.8 Å². The average Bonchev–Trinajstić information content (AvgIpc) is 3.11. The molecule has 0 bridgehead atoms. The zero-order chi connectivity index (χ0) is 19.1. The lowest BCUT2D eigenvalue weighted by molar-refractivity contribution is 0.0382. The fourth-order valence-electron chi connectivity index (χ4n) is 2.84. The van der Waals surface area contributed by atoms with Gasteiger partial charge in [0.25, 0.3) is 5.91 Å². The molecule has 1 amide bonds. The van der Waals surface area contributed by atoms with Crippen molar-refractivity contribution in [3.8, 4) is 0 Å². The van der Waals surface area contributed by atoms with Crippen molar-refractivity contribution in [1.82, 2.24) is 10.2 Å². The molecule has 1 aliphatic heterocycles. The Morgan fingerprint density at radius 2 is 2.00 bits per heavy atom. The third kappa shape index (κ3) is 6.46. The van der Waals surface area contributed by atoms with E-state index in [2.05, 4.69) is 10.2 Å². The van der Waals surface area contributed by atoms with E-state index >= 15 is 0 Å². The normalized spacial score (nSPS) is 16.2. The highest BCUT2D eigenvalue weighted by Gasteiger charge is 2.14. The summed E-state index contributed by atoms with van der Waals surface area (Å²) in [5, 5.41) is 3.48. The van der Waals surface area contributed by atoms with Crippen LogP contribution in [-0.4, -0.2) is 54.4 Å². The summed E-state index contributed by atoms with van der Waals surface area (Å²) in [6.45, 7) is 4.59. The van der Waals surface area contributed by atoms with Crippen LogP contribution in [0.4, 0.5) is 0 Å². The number of nitrogens with zero attached hydrogens (tertiary/aromatic N) is 1. The number of carbonyl (C=O) groups is 1. The van der Waals surface area contributed by atoms with E-state index in [-0.39, 0.29) is 17.4 Å². The summed E-state index contributed by atoms with van der Waals surface area (Å²) < 4.78 is 23.2. The monoisotopic (exact) mass is 410 g/mol. The van der Waals surface area contributed by atoms with Crippen LogP contribution in [0, 0.1) is 0 Å². The van der Waals surface area contributed by atoms with Crippen molar-refractivity contribution in [2.45, 2.75) is 11.5 Å². The molecule has 6 nitrogen and oxygen atoms in total. The van der Waals surface area contributed by atoms with Gasteiger partial charge < -0.3 is 14.5 Å². The van der Waals surface area contributed by atoms with Crippen LogP contribution in [0.5, 0.6) is 0 Å². The minimum absolute atomic E-state index is 0.242. The van der Waals surface area contributed by atoms with Crippen molar-refractivity contribution in [2.24, 2.45) is 0 Å². The molecule has 1 unspecified atom stereocenters. The largest absolute Gasteiger partial charge is 0.455 e. The first-order chi connectivity index (χ1) is 13.1. The molecule has 0 aliphatic carbocycles. The molecule has 1 saturated heterocycles. The van der Waals surface area contributed by atoms with Crippen molar-refractivity contribution < 1.29 is 18.2 Å². The Bertz CT molecular complexity index is 790. The van der Waals surface area contributed by atoms with Crippen LogP contribution in [0.3, 0.4) is 0 Å². The van der Waals surface area contributed by atoms with Crippen molar-refractivity contribution >= 4 is 28.3 Å². The lowest BCUT2D eigenvalue weighted by atomic mass is 10.2. The molecular weight excluding hydrogens is 388 g/mol. The van der Waals surface area contributed by atoms with Crippen molar-refractivity contribution in [3.63, 3.8) is 0 Å². The molecule has 8 heteroatoms. The van der Waals surface area contributed by atoms with Gasteiger partial charge in [-0.2, -0.15) is 0 Å². The highest BCUT2D eigenvalue weighted by Crippen LogP contribution is 2.15. The van der Waals surface area contributed by atoms with Crippen molar-refractivity contribution in [1.29, 1.82) is 0 Å². The highest BCUT2D eigenvalue weighted by atomic mass is 35.5. The van der Waals surface area contributed by atoms with Crippen molar-refractivity contribution in [2.75, 3.05) is 39.4 Å². The quantitative estimate of drug-likeness (QED) is 0.723. The predicted molar refractivity (Wildman–Crippen MR) is 105 cm³/mol. The number of halogens is 1. The topological polar surface area (TPSA) is 71.8 Å². The van der Waals surface area contributed by atoms with Gasteiger partial charge in [-0.1, -0.05) is 23.7 Å². The molecule has 2 heterocycles. The molecule has 2 aromatic rings. The van der Waals surface area contributed by atoms with Crippen LogP contribution in [-0.2, 0) is 27.0 Å². The van der Waals surface area contributed by atoms with E-state index in [1.807, 2.05) is 12.1 Å². The molecule has 27 heavy (non-hydrogen) atoms. The lowest BCUT2D eigenvalue weighted by Crippen LogP contribution is -2.41. The van der Waals surface area contributed by atoms with Gasteiger partial charge in [0, 0.05) is 47.8 Å². The van der Waals surface area contributed by atoms with Crippen LogP contribution in [0.1, 0.15) is 21.9 Å². The maximum absolute atomic E-state index is 12.3. The smallest absolute Gasteiger partial charge is 0.287 e. The maximum Gasteiger partial charge on any atom is 0.287 e. The summed E-state index contributed by atoms with van der Waals surface area (Å²) >= 11 is 5.95. The SMILES string of the molecule is O=C(NCCN1CCOCC1)c1ccc(CS(=O)Cc2cccc(Cl)c2)o1. The number of morpholine rings is 1. The Morgan fingerprint density at radius 3 is 2.78 bits per heavy atom. The Morgan fingerprint density at radius 1 is 1.19 bits per heavy atom. The second-order valence-electron chi connectivity index (χ2n) is 6.33. The van der Waals surface area contributed by atoms with E-state index in [9.17, 15) is 9.00 Å². The molecule has 3 rings (SSSR count). The zero-order valence-electron chi connectivity index (χ0n) is 15.0. The van der Waals surface area contributed by atoms with Crippen LogP contribution < -0.4 is 5.32 Å². The first-order valence-electron chi connectivity index (χ1n) is 8.86. The Balaban J connectivity index is 1.44. The molecular formula is C19H23ClN2O4S. The molecule has 1 fully saturated rings. The molecule has 1 aromatic carbocycles. The van der Waals surface area contributed by atoms with Crippen LogP contribution >= 0.6 is 11.6 Å². The standard InChI is InChI=1S/C19H23ClN2O4S/c20-16-3-1-2-15(12-16)13-27(24)14-17-4-5-18(26-17)19(23)21-6-7-22-8-10-25-11-9-22/h1-5,12H,6-11,13-14H2,(H,21,23). The molecule has 146 valence electrons. The summed E-state index contributed by atoms with van der Waals surface area (Å²) in [4.78, 5) is 14.4. The van der Waals surface area contributed by atoms with E-state index in [1.165, 1.54) is 0 Å². The summed E-state index contributed by atoms with van der Waals surface area (Å²) in [6, 6.07) is 10.6. The zero-order valence-corrected chi connectivity index (χ0v) is 16.6. The molecule has 1 N–H and O–H groups in total. The Kier molecular flexibility index (Phi) is 7.46. The lowest BCUT2D eigenvalue weighted by Gasteiger charge is -2.26. The van der Waals surface area contributed by atoms with E-state index in [1.54, 1.807) is 24.3 Å². The van der Waals surface area contributed by atoms with Gasteiger partial charge in [-0.25, -0.2) is 0 Å². The second-order valence-corrected chi connectivity index (χ2v) is 8.23. The van der Waals surface area contributed by atoms with Gasteiger partial charge in [0.15, 0.2) is 5.76 Å². The van der Waals surface area contributed by atoms with Gasteiger partial charge in [-0.15, -0.1) is 0 Å². The second kappa shape index (κ2) is 10.0. The van der Waals surface area contributed by atoms with Gasteiger partial charge in [0.05, 0.1) is 19.0 Å². The van der Waals surface area contributed by atoms with Crippen LogP contribution in [0.15, 0.2) is 40.8 Å². The minimum Gasteiger partial charge on any atom is -0.455 e. The third-order valence-corrected chi connectivity index (χ3v) is 5.72. The van der Waals surface area contributed by atoms with Crippen LogP contribution in [0.2, 0.25) is 5.02 Å². The van der Waals surface area contributed by atoms with Crippen LogP contribution in [0.25, 0.3) is 0 Å². The number of benzene rings is 1. The molecule has 0 spiro atoms.